The summed E-state index contributed by atoms with van der Waals surface area (Å²) in [6.45, 7) is 0.556. The van der Waals surface area contributed by atoms with E-state index in [1.54, 1.807) is 30.7 Å². The van der Waals surface area contributed by atoms with E-state index in [4.69, 9.17) is 0 Å². The molecule has 0 aliphatic rings. The van der Waals surface area contributed by atoms with Crippen molar-refractivity contribution in [3.8, 4) is 17.0 Å². The van der Waals surface area contributed by atoms with Gasteiger partial charge in [-0.1, -0.05) is 12.1 Å². The molecule has 0 atom stereocenters. The highest BCUT2D eigenvalue weighted by Crippen LogP contribution is 2.29. The Morgan fingerprint density at radius 2 is 2.00 bits per heavy atom. The number of phenols is 1. The van der Waals surface area contributed by atoms with Gasteiger partial charge in [-0.2, -0.15) is 0 Å². The summed E-state index contributed by atoms with van der Waals surface area (Å²) in [7, 11) is 0. The SMILES string of the molecule is Oc1ccccc1-c1cncn1Cc1cc2cc(F)ccc2[nH]1. The number of hydrogen-bond donors (Lipinski definition) is 2. The average molecular weight is 307 g/mol. The first-order valence-electron chi connectivity index (χ1n) is 7.26. The van der Waals surface area contributed by atoms with Crippen LogP contribution in [0.25, 0.3) is 22.2 Å². The Balaban J connectivity index is 1.72. The number of phenolic OH excluding ortho intramolecular Hbond substituents is 1. The van der Waals surface area contributed by atoms with Crippen molar-refractivity contribution in [1.82, 2.24) is 14.5 Å². The maximum Gasteiger partial charge on any atom is 0.124 e. The summed E-state index contributed by atoms with van der Waals surface area (Å²) in [5.74, 6) is -0.0338. The summed E-state index contributed by atoms with van der Waals surface area (Å²) in [4.78, 5) is 7.46. The van der Waals surface area contributed by atoms with Gasteiger partial charge in [-0.25, -0.2) is 9.37 Å². The number of aromatic amines is 1. The number of halogens is 1. The molecule has 0 fully saturated rings. The fourth-order valence-corrected chi connectivity index (χ4v) is 2.79. The third kappa shape index (κ3) is 2.46. The molecule has 0 amide bonds. The molecule has 4 rings (SSSR count). The predicted octanol–water partition coefficient (Wildman–Crippen LogP) is 3.92. The van der Waals surface area contributed by atoms with Crippen molar-refractivity contribution in [3.63, 3.8) is 0 Å². The zero-order valence-corrected chi connectivity index (χ0v) is 12.2. The number of fused-ring (bicyclic) bond motifs is 1. The van der Waals surface area contributed by atoms with Crippen LogP contribution in [0.4, 0.5) is 4.39 Å². The van der Waals surface area contributed by atoms with Crippen LogP contribution in [-0.2, 0) is 6.54 Å². The Bertz CT molecular complexity index is 987. The summed E-state index contributed by atoms with van der Waals surface area (Å²) in [5.41, 5.74) is 3.39. The lowest BCUT2D eigenvalue weighted by Gasteiger charge is -2.08. The van der Waals surface area contributed by atoms with E-state index in [1.165, 1.54) is 12.1 Å². The molecule has 0 saturated heterocycles. The maximum atomic E-state index is 13.3. The lowest BCUT2D eigenvalue weighted by atomic mass is 10.1. The van der Waals surface area contributed by atoms with Crippen molar-refractivity contribution in [2.45, 2.75) is 6.54 Å². The molecule has 0 bridgehead atoms. The molecular formula is C18H14FN3O. The molecule has 4 aromatic rings. The normalized spacial score (nSPS) is 11.2. The van der Waals surface area contributed by atoms with Crippen LogP contribution in [0.5, 0.6) is 5.75 Å². The van der Waals surface area contributed by atoms with Crippen molar-refractivity contribution in [2.75, 3.05) is 0 Å². The number of imidazole rings is 1. The van der Waals surface area contributed by atoms with Crippen molar-refractivity contribution in [3.05, 3.63) is 72.6 Å². The van der Waals surface area contributed by atoms with Crippen LogP contribution in [-0.4, -0.2) is 19.6 Å². The lowest BCUT2D eigenvalue weighted by molar-refractivity contribution is 0.476. The van der Waals surface area contributed by atoms with Crippen molar-refractivity contribution >= 4 is 10.9 Å². The van der Waals surface area contributed by atoms with Gasteiger partial charge in [0.25, 0.3) is 0 Å². The molecule has 0 unspecified atom stereocenters. The number of aromatic nitrogens is 3. The number of aromatic hydroxyl groups is 1. The lowest BCUT2D eigenvalue weighted by Crippen LogP contribution is -2.00. The number of nitrogens with zero attached hydrogens (tertiary/aromatic N) is 2. The van der Waals surface area contributed by atoms with Gasteiger partial charge in [-0.3, -0.25) is 0 Å². The second-order valence-corrected chi connectivity index (χ2v) is 5.45. The molecule has 2 aromatic heterocycles. The fraction of sp³-hybridized carbons (Fsp3) is 0.0556. The first-order chi connectivity index (χ1) is 11.2. The van der Waals surface area contributed by atoms with Gasteiger partial charge in [0.1, 0.15) is 11.6 Å². The Morgan fingerprint density at radius 3 is 2.87 bits per heavy atom. The molecule has 2 heterocycles. The van der Waals surface area contributed by atoms with Crippen LogP contribution >= 0.6 is 0 Å². The second kappa shape index (κ2) is 5.28. The third-order valence-electron chi connectivity index (χ3n) is 3.87. The highest BCUT2D eigenvalue weighted by Gasteiger charge is 2.10. The minimum atomic E-state index is -0.249. The van der Waals surface area contributed by atoms with E-state index in [2.05, 4.69) is 9.97 Å². The molecule has 23 heavy (non-hydrogen) atoms. The Hall–Kier alpha value is -3.08. The molecule has 2 N–H and O–H groups in total. The topological polar surface area (TPSA) is 53.8 Å². The molecule has 0 aliphatic carbocycles. The van der Waals surface area contributed by atoms with Crippen molar-refractivity contribution < 1.29 is 9.50 Å². The smallest absolute Gasteiger partial charge is 0.124 e. The first-order valence-corrected chi connectivity index (χ1v) is 7.26. The Kier molecular flexibility index (Phi) is 3.12. The highest BCUT2D eigenvalue weighted by molar-refractivity contribution is 5.80. The molecule has 114 valence electrons. The number of para-hydroxylation sites is 1. The molecule has 0 saturated carbocycles. The monoisotopic (exact) mass is 307 g/mol. The molecule has 5 heteroatoms. The number of nitrogens with one attached hydrogen (secondary N) is 1. The molecular weight excluding hydrogens is 293 g/mol. The Morgan fingerprint density at radius 1 is 1.13 bits per heavy atom. The zero-order chi connectivity index (χ0) is 15.8. The minimum Gasteiger partial charge on any atom is -0.507 e. The number of rotatable bonds is 3. The summed E-state index contributed by atoms with van der Waals surface area (Å²) < 4.78 is 15.2. The van der Waals surface area contributed by atoms with Crippen LogP contribution < -0.4 is 0 Å². The van der Waals surface area contributed by atoms with E-state index in [0.717, 1.165) is 27.9 Å². The van der Waals surface area contributed by atoms with Crippen LogP contribution in [0.1, 0.15) is 5.69 Å². The number of benzene rings is 2. The van der Waals surface area contributed by atoms with Crippen LogP contribution in [0.15, 0.2) is 61.1 Å². The molecule has 0 radical (unpaired) electrons. The summed E-state index contributed by atoms with van der Waals surface area (Å²) in [5, 5.41) is 10.9. The second-order valence-electron chi connectivity index (χ2n) is 5.45. The predicted molar refractivity (Wildman–Crippen MR) is 86.7 cm³/mol. The minimum absolute atomic E-state index is 0.216. The van der Waals surface area contributed by atoms with Crippen molar-refractivity contribution in [2.24, 2.45) is 0 Å². The molecule has 4 nitrogen and oxygen atoms in total. The van der Waals surface area contributed by atoms with Crippen LogP contribution in [0.3, 0.4) is 0 Å². The largest absolute Gasteiger partial charge is 0.507 e. The zero-order valence-electron chi connectivity index (χ0n) is 12.2. The van der Waals surface area contributed by atoms with Gasteiger partial charge in [0.05, 0.1) is 24.8 Å². The van der Waals surface area contributed by atoms with E-state index in [1.807, 2.05) is 22.8 Å². The number of H-pyrrole nitrogens is 1. The van der Waals surface area contributed by atoms with Gasteiger partial charge in [-0.15, -0.1) is 0 Å². The van der Waals surface area contributed by atoms with E-state index < -0.39 is 0 Å². The van der Waals surface area contributed by atoms with E-state index in [0.29, 0.717) is 6.54 Å². The third-order valence-corrected chi connectivity index (χ3v) is 3.87. The van der Waals surface area contributed by atoms with E-state index in [-0.39, 0.29) is 11.6 Å². The summed E-state index contributed by atoms with van der Waals surface area (Å²) >= 11 is 0. The van der Waals surface area contributed by atoms with Crippen molar-refractivity contribution in [1.29, 1.82) is 0 Å². The first kappa shape index (κ1) is 13.6. The van der Waals surface area contributed by atoms with Gasteiger partial charge in [-0.05, 0) is 36.4 Å². The van der Waals surface area contributed by atoms with Crippen LogP contribution in [0, 0.1) is 5.82 Å². The van der Waals surface area contributed by atoms with E-state index >= 15 is 0 Å². The van der Waals surface area contributed by atoms with Gasteiger partial charge in [0, 0.05) is 22.2 Å². The summed E-state index contributed by atoms with van der Waals surface area (Å²) in [6, 6.07) is 13.8. The average Bonchev–Trinajstić information content (AvgIpc) is 3.14. The van der Waals surface area contributed by atoms with Gasteiger partial charge < -0.3 is 14.7 Å². The van der Waals surface area contributed by atoms with Crippen LogP contribution in [0.2, 0.25) is 0 Å². The van der Waals surface area contributed by atoms with Gasteiger partial charge in [0.15, 0.2) is 0 Å². The van der Waals surface area contributed by atoms with E-state index in [9.17, 15) is 9.50 Å². The quantitative estimate of drug-likeness (QED) is 0.602. The Labute approximate surface area is 131 Å². The van der Waals surface area contributed by atoms with Gasteiger partial charge in [0.2, 0.25) is 0 Å². The molecule has 2 aromatic carbocycles. The fourth-order valence-electron chi connectivity index (χ4n) is 2.79. The standard InChI is InChI=1S/C18H14FN3O/c19-13-5-6-16-12(7-13)8-14(21-16)10-22-11-20-9-17(22)15-3-1-2-4-18(15)23/h1-9,11,21,23H,10H2. The maximum absolute atomic E-state index is 13.3. The number of hydrogen-bond acceptors (Lipinski definition) is 2. The highest BCUT2D eigenvalue weighted by atomic mass is 19.1. The summed E-state index contributed by atoms with van der Waals surface area (Å²) in [6.07, 6.45) is 3.44. The molecule has 0 aliphatic heterocycles. The molecule has 0 spiro atoms. The van der Waals surface area contributed by atoms with Gasteiger partial charge >= 0.3 is 0 Å².